The normalized spacial score (nSPS) is 17.2. The summed E-state index contributed by atoms with van der Waals surface area (Å²) in [4.78, 5) is 11.9. The molecule has 2 aliphatic rings. The third-order valence-electron chi connectivity index (χ3n) is 5.34. The van der Waals surface area contributed by atoms with Gasteiger partial charge in [0, 0.05) is 6.07 Å². The first-order chi connectivity index (χ1) is 13.3. The van der Waals surface area contributed by atoms with Gasteiger partial charge in [0.25, 0.3) is 10.0 Å². The Labute approximate surface area is 160 Å². The Morgan fingerprint density at radius 3 is 2.50 bits per heavy atom. The molecule has 0 atom stereocenters. The van der Waals surface area contributed by atoms with Crippen molar-refractivity contribution < 1.29 is 22.0 Å². The number of carbonyl (C=O) groups excluding carboxylic acids is 1. The predicted molar refractivity (Wildman–Crippen MR) is 97.1 cm³/mol. The molecule has 28 heavy (non-hydrogen) atoms. The van der Waals surface area contributed by atoms with E-state index in [4.69, 9.17) is 0 Å². The minimum atomic E-state index is -4.36. The van der Waals surface area contributed by atoms with Gasteiger partial charge in [0.1, 0.15) is 22.6 Å². The molecule has 4 rings (SSSR count). The average Bonchev–Trinajstić information content (AvgIpc) is 3.22. The second-order valence-corrected chi connectivity index (χ2v) is 8.63. The van der Waals surface area contributed by atoms with Gasteiger partial charge < -0.3 is 5.32 Å². The molecule has 2 aromatic carbocycles. The molecule has 1 amide bonds. The summed E-state index contributed by atoms with van der Waals surface area (Å²) in [5.41, 5.74) is 0.356. The Balaban J connectivity index is 1.79. The van der Waals surface area contributed by atoms with Crippen LogP contribution in [0, 0.1) is 23.0 Å². The minimum Gasteiger partial charge on any atom is -0.324 e. The number of nitrogens with one attached hydrogen (secondary N) is 2. The Bertz CT molecular complexity index is 1150. The molecule has 1 fully saturated rings. The van der Waals surface area contributed by atoms with E-state index in [2.05, 4.69) is 10.0 Å². The van der Waals surface area contributed by atoms with Crippen molar-refractivity contribution in [3.05, 3.63) is 53.1 Å². The lowest BCUT2D eigenvalue weighted by molar-refractivity contribution is -0.120. The van der Waals surface area contributed by atoms with Crippen LogP contribution in [0.25, 0.3) is 0 Å². The SMILES string of the molecule is N#Cc1cc(NS(=O)(=O)c2ccc(F)cc2F)cc2c1NC(=O)C21CCCC1. The van der Waals surface area contributed by atoms with Crippen molar-refractivity contribution in [1.29, 1.82) is 5.26 Å². The van der Waals surface area contributed by atoms with Crippen molar-refractivity contribution in [1.82, 2.24) is 0 Å². The van der Waals surface area contributed by atoms with Crippen LogP contribution in [0.5, 0.6) is 0 Å². The van der Waals surface area contributed by atoms with Crippen molar-refractivity contribution in [3.63, 3.8) is 0 Å². The summed E-state index contributed by atoms with van der Waals surface area (Å²) >= 11 is 0. The molecule has 9 heteroatoms. The second-order valence-electron chi connectivity index (χ2n) is 6.98. The molecule has 2 N–H and O–H groups in total. The van der Waals surface area contributed by atoms with E-state index in [1.165, 1.54) is 12.1 Å². The lowest BCUT2D eigenvalue weighted by Gasteiger charge is -2.21. The largest absolute Gasteiger partial charge is 0.324 e. The van der Waals surface area contributed by atoms with Gasteiger partial charge in [-0.15, -0.1) is 0 Å². The molecule has 144 valence electrons. The number of benzene rings is 2. The number of nitrogens with zero attached hydrogens (tertiary/aromatic N) is 1. The summed E-state index contributed by atoms with van der Waals surface area (Å²) in [6.45, 7) is 0. The van der Waals surface area contributed by atoms with E-state index in [0.717, 1.165) is 25.0 Å². The maximum atomic E-state index is 13.9. The molecule has 0 bridgehead atoms. The quantitative estimate of drug-likeness (QED) is 0.820. The van der Waals surface area contributed by atoms with Gasteiger partial charge in [-0.3, -0.25) is 9.52 Å². The summed E-state index contributed by atoms with van der Waals surface area (Å²) in [6, 6.07) is 6.92. The van der Waals surface area contributed by atoms with E-state index in [-0.39, 0.29) is 17.2 Å². The van der Waals surface area contributed by atoms with Crippen LogP contribution in [-0.4, -0.2) is 14.3 Å². The van der Waals surface area contributed by atoms with Crippen LogP contribution in [0.4, 0.5) is 20.2 Å². The number of halogens is 2. The first-order valence-corrected chi connectivity index (χ1v) is 10.1. The van der Waals surface area contributed by atoms with Gasteiger partial charge in [-0.2, -0.15) is 5.26 Å². The van der Waals surface area contributed by atoms with Gasteiger partial charge in [0.15, 0.2) is 0 Å². The Hall–Kier alpha value is -2.99. The fourth-order valence-corrected chi connectivity index (χ4v) is 5.14. The molecule has 1 aliphatic heterocycles. The highest BCUT2D eigenvalue weighted by Gasteiger charge is 2.49. The molecule has 1 aliphatic carbocycles. The maximum absolute atomic E-state index is 13.9. The molecule has 0 radical (unpaired) electrons. The molecular weight excluding hydrogens is 388 g/mol. The zero-order valence-electron chi connectivity index (χ0n) is 14.6. The number of sulfonamides is 1. The number of rotatable bonds is 3. The lowest BCUT2D eigenvalue weighted by Crippen LogP contribution is -2.31. The Kier molecular flexibility index (Phi) is 4.12. The van der Waals surface area contributed by atoms with Crippen molar-refractivity contribution in [2.45, 2.75) is 36.0 Å². The standard InChI is InChI=1S/C19H15F2N3O3S/c20-12-3-4-16(15(21)8-12)28(26,27)24-13-7-11(10-22)17-14(9-13)19(18(25)23-17)5-1-2-6-19/h3-4,7-9,24H,1-2,5-6H2,(H,23,25). The Morgan fingerprint density at radius 1 is 1.14 bits per heavy atom. The van der Waals surface area contributed by atoms with E-state index in [1.807, 2.05) is 6.07 Å². The van der Waals surface area contributed by atoms with Gasteiger partial charge in [-0.25, -0.2) is 17.2 Å². The maximum Gasteiger partial charge on any atom is 0.264 e. The number of hydrogen-bond donors (Lipinski definition) is 2. The van der Waals surface area contributed by atoms with Crippen molar-refractivity contribution in [2.24, 2.45) is 0 Å². The van der Waals surface area contributed by atoms with E-state index in [1.54, 1.807) is 0 Å². The average molecular weight is 403 g/mol. The highest BCUT2D eigenvalue weighted by molar-refractivity contribution is 7.92. The molecule has 1 spiro atoms. The summed E-state index contributed by atoms with van der Waals surface area (Å²) in [5.74, 6) is -2.31. The molecule has 1 heterocycles. The first-order valence-electron chi connectivity index (χ1n) is 8.65. The first kappa shape index (κ1) is 18.4. The zero-order valence-corrected chi connectivity index (χ0v) is 15.4. The number of amides is 1. The van der Waals surface area contributed by atoms with Crippen molar-refractivity contribution in [3.8, 4) is 6.07 Å². The van der Waals surface area contributed by atoms with Crippen LogP contribution in [0.1, 0.15) is 36.8 Å². The molecule has 0 unspecified atom stereocenters. The predicted octanol–water partition coefficient (Wildman–Crippen LogP) is 3.40. The monoisotopic (exact) mass is 403 g/mol. The summed E-state index contributed by atoms with van der Waals surface area (Å²) in [6.07, 6.45) is 2.93. The van der Waals surface area contributed by atoms with Gasteiger partial charge in [0.05, 0.1) is 22.4 Å². The molecule has 6 nitrogen and oxygen atoms in total. The van der Waals surface area contributed by atoms with Crippen molar-refractivity contribution >= 4 is 27.3 Å². The third-order valence-corrected chi connectivity index (χ3v) is 6.75. The van der Waals surface area contributed by atoms with Gasteiger partial charge >= 0.3 is 0 Å². The highest BCUT2D eigenvalue weighted by Crippen LogP contribution is 2.50. The fourth-order valence-electron chi connectivity index (χ4n) is 4.03. The fraction of sp³-hybridized carbons (Fsp3) is 0.263. The van der Waals surface area contributed by atoms with E-state index in [9.17, 15) is 27.3 Å². The van der Waals surface area contributed by atoms with E-state index in [0.29, 0.717) is 30.2 Å². The number of hydrogen-bond acceptors (Lipinski definition) is 4. The topological polar surface area (TPSA) is 99.1 Å². The molecular formula is C19H15F2N3O3S. The van der Waals surface area contributed by atoms with Crippen LogP contribution < -0.4 is 10.0 Å². The van der Waals surface area contributed by atoms with Gasteiger partial charge in [-0.05, 0) is 42.7 Å². The van der Waals surface area contributed by atoms with Crippen LogP contribution in [0.3, 0.4) is 0 Å². The number of nitriles is 1. The number of carbonyl (C=O) groups is 1. The third kappa shape index (κ3) is 2.72. The summed E-state index contributed by atoms with van der Waals surface area (Å²) < 4.78 is 54.4. The van der Waals surface area contributed by atoms with E-state index >= 15 is 0 Å². The minimum absolute atomic E-state index is 0.0433. The van der Waals surface area contributed by atoms with Crippen LogP contribution >= 0.6 is 0 Å². The smallest absolute Gasteiger partial charge is 0.264 e. The van der Waals surface area contributed by atoms with Crippen molar-refractivity contribution in [2.75, 3.05) is 10.0 Å². The second kappa shape index (κ2) is 6.27. The molecule has 0 saturated heterocycles. The highest BCUT2D eigenvalue weighted by atomic mass is 32.2. The zero-order chi connectivity index (χ0) is 20.1. The van der Waals surface area contributed by atoms with Crippen LogP contribution in [0.2, 0.25) is 0 Å². The number of fused-ring (bicyclic) bond motifs is 2. The molecule has 0 aromatic heterocycles. The van der Waals surface area contributed by atoms with Gasteiger partial charge in [0.2, 0.25) is 5.91 Å². The Morgan fingerprint density at radius 2 is 1.86 bits per heavy atom. The van der Waals surface area contributed by atoms with Crippen LogP contribution in [0.15, 0.2) is 35.2 Å². The summed E-state index contributed by atoms with van der Waals surface area (Å²) in [5, 5.41) is 12.2. The van der Waals surface area contributed by atoms with E-state index < -0.39 is 32.0 Å². The van der Waals surface area contributed by atoms with Gasteiger partial charge in [-0.1, -0.05) is 12.8 Å². The summed E-state index contributed by atoms with van der Waals surface area (Å²) in [7, 11) is -4.36. The van der Waals surface area contributed by atoms with Crippen LogP contribution in [-0.2, 0) is 20.2 Å². The lowest BCUT2D eigenvalue weighted by atomic mass is 9.79. The molecule has 1 saturated carbocycles. The molecule has 2 aromatic rings. The number of anilines is 2.